The normalized spacial score (nSPS) is 10.6. The SMILES string of the molecule is C=CCc1cc(OC)ccc1Oc1nc(-c2cccc(OC)c2O)nc2ccccc12. The van der Waals surface area contributed by atoms with E-state index in [0.717, 1.165) is 16.7 Å². The third-order valence-corrected chi connectivity index (χ3v) is 4.87. The Morgan fingerprint density at radius 1 is 0.935 bits per heavy atom. The molecule has 6 nitrogen and oxygen atoms in total. The van der Waals surface area contributed by atoms with Crippen molar-refractivity contribution in [2.75, 3.05) is 14.2 Å². The third kappa shape index (κ3) is 4.00. The maximum atomic E-state index is 10.6. The van der Waals surface area contributed by atoms with Crippen molar-refractivity contribution >= 4 is 10.9 Å². The van der Waals surface area contributed by atoms with Crippen molar-refractivity contribution in [3.63, 3.8) is 0 Å². The number of ether oxygens (including phenoxy) is 3. The highest BCUT2D eigenvalue weighted by Crippen LogP contribution is 2.38. The van der Waals surface area contributed by atoms with Gasteiger partial charge in [0, 0.05) is 5.56 Å². The Labute approximate surface area is 180 Å². The van der Waals surface area contributed by atoms with Crippen LogP contribution in [0.4, 0.5) is 0 Å². The van der Waals surface area contributed by atoms with Gasteiger partial charge in [0.05, 0.1) is 30.7 Å². The minimum atomic E-state index is -0.0250. The highest BCUT2D eigenvalue weighted by atomic mass is 16.5. The first-order valence-electron chi connectivity index (χ1n) is 9.73. The first-order valence-corrected chi connectivity index (χ1v) is 9.73. The van der Waals surface area contributed by atoms with E-state index in [0.29, 0.717) is 40.7 Å². The van der Waals surface area contributed by atoms with Crippen LogP contribution >= 0.6 is 0 Å². The number of methoxy groups -OCH3 is 2. The zero-order chi connectivity index (χ0) is 21.8. The Morgan fingerprint density at radius 3 is 2.55 bits per heavy atom. The molecule has 4 rings (SSSR count). The molecule has 4 aromatic rings. The van der Waals surface area contributed by atoms with Gasteiger partial charge in [-0.3, -0.25) is 0 Å². The Hall–Kier alpha value is -4.06. The van der Waals surface area contributed by atoms with Crippen molar-refractivity contribution < 1.29 is 19.3 Å². The lowest BCUT2D eigenvalue weighted by Gasteiger charge is -2.14. The summed E-state index contributed by atoms with van der Waals surface area (Å²) >= 11 is 0. The van der Waals surface area contributed by atoms with E-state index in [1.165, 1.54) is 7.11 Å². The van der Waals surface area contributed by atoms with Gasteiger partial charge in [-0.1, -0.05) is 24.3 Å². The number of phenols is 1. The maximum Gasteiger partial charge on any atom is 0.230 e. The summed E-state index contributed by atoms with van der Waals surface area (Å²) < 4.78 is 16.8. The zero-order valence-electron chi connectivity index (χ0n) is 17.3. The first kappa shape index (κ1) is 20.2. The molecule has 0 amide bonds. The molecule has 156 valence electrons. The molecule has 0 unspecified atom stereocenters. The number of hydrogen-bond acceptors (Lipinski definition) is 6. The average molecular weight is 414 g/mol. The summed E-state index contributed by atoms with van der Waals surface area (Å²) in [5.74, 6) is 2.43. The summed E-state index contributed by atoms with van der Waals surface area (Å²) in [5.41, 5.74) is 2.07. The van der Waals surface area contributed by atoms with Crippen LogP contribution in [0.3, 0.4) is 0 Å². The molecule has 31 heavy (non-hydrogen) atoms. The van der Waals surface area contributed by atoms with Gasteiger partial charge in [-0.2, -0.15) is 4.98 Å². The molecule has 0 aliphatic heterocycles. The topological polar surface area (TPSA) is 73.7 Å². The second-order valence-electron chi connectivity index (χ2n) is 6.79. The Balaban J connectivity index is 1.86. The minimum absolute atomic E-state index is 0.0250. The molecule has 0 aliphatic carbocycles. The summed E-state index contributed by atoms with van der Waals surface area (Å²) in [6.45, 7) is 3.83. The van der Waals surface area contributed by atoms with Gasteiger partial charge in [-0.15, -0.1) is 6.58 Å². The van der Waals surface area contributed by atoms with Gasteiger partial charge in [0.15, 0.2) is 17.3 Å². The van der Waals surface area contributed by atoms with E-state index in [4.69, 9.17) is 14.2 Å². The molecule has 0 aliphatic rings. The van der Waals surface area contributed by atoms with Crippen LogP contribution in [0.15, 0.2) is 73.3 Å². The highest BCUT2D eigenvalue weighted by molar-refractivity contribution is 5.86. The molecule has 0 saturated heterocycles. The van der Waals surface area contributed by atoms with E-state index in [1.54, 1.807) is 31.4 Å². The van der Waals surface area contributed by atoms with Gasteiger partial charge in [0.2, 0.25) is 5.88 Å². The van der Waals surface area contributed by atoms with Crippen LogP contribution in [0, 0.1) is 0 Å². The van der Waals surface area contributed by atoms with Crippen molar-refractivity contribution in [1.29, 1.82) is 0 Å². The largest absolute Gasteiger partial charge is 0.504 e. The van der Waals surface area contributed by atoms with Crippen molar-refractivity contribution in [1.82, 2.24) is 9.97 Å². The van der Waals surface area contributed by atoms with Gasteiger partial charge in [-0.05, 0) is 48.9 Å². The minimum Gasteiger partial charge on any atom is -0.504 e. The fraction of sp³-hybridized carbons (Fsp3) is 0.120. The van der Waals surface area contributed by atoms with Gasteiger partial charge in [0.25, 0.3) is 0 Å². The van der Waals surface area contributed by atoms with Gasteiger partial charge in [0.1, 0.15) is 11.5 Å². The van der Waals surface area contributed by atoms with Crippen LogP contribution in [0.25, 0.3) is 22.3 Å². The molecule has 0 spiro atoms. The van der Waals surface area contributed by atoms with Crippen molar-refractivity contribution in [3.8, 4) is 40.3 Å². The van der Waals surface area contributed by atoms with E-state index < -0.39 is 0 Å². The second-order valence-corrected chi connectivity index (χ2v) is 6.79. The number of fused-ring (bicyclic) bond motifs is 1. The van der Waals surface area contributed by atoms with Crippen LogP contribution in [-0.2, 0) is 6.42 Å². The summed E-state index contributed by atoms with van der Waals surface area (Å²) in [6.07, 6.45) is 2.42. The number of rotatable bonds is 7. The second kappa shape index (κ2) is 8.75. The molecule has 6 heteroatoms. The first-order chi connectivity index (χ1) is 15.1. The van der Waals surface area contributed by atoms with Crippen LogP contribution in [0.1, 0.15) is 5.56 Å². The molecule has 1 N–H and O–H groups in total. The lowest BCUT2D eigenvalue weighted by Crippen LogP contribution is -1.99. The number of para-hydroxylation sites is 2. The molecule has 0 bridgehead atoms. The summed E-state index contributed by atoms with van der Waals surface area (Å²) in [7, 11) is 3.12. The number of nitrogens with zero attached hydrogens (tertiary/aromatic N) is 2. The van der Waals surface area contributed by atoms with E-state index in [9.17, 15) is 5.11 Å². The molecule has 0 radical (unpaired) electrons. The van der Waals surface area contributed by atoms with Crippen molar-refractivity contribution in [2.24, 2.45) is 0 Å². The average Bonchev–Trinajstić information content (AvgIpc) is 2.80. The van der Waals surface area contributed by atoms with Gasteiger partial charge < -0.3 is 19.3 Å². The fourth-order valence-electron chi connectivity index (χ4n) is 3.31. The number of benzene rings is 3. The number of aromatic hydroxyl groups is 1. The number of allylic oxidation sites excluding steroid dienone is 1. The standard InChI is InChI=1S/C25H22N2O4/c1-4-8-16-15-17(29-2)13-14-21(16)31-25-18-9-5-6-11-20(18)26-24(27-25)19-10-7-12-22(30-3)23(19)28/h4-7,9-15,28H,1,8H2,2-3H3. The van der Waals surface area contributed by atoms with Crippen molar-refractivity contribution in [2.45, 2.75) is 6.42 Å². The summed E-state index contributed by atoms with van der Waals surface area (Å²) in [5, 5.41) is 11.4. The van der Waals surface area contributed by atoms with E-state index in [-0.39, 0.29) is 5.75 Å². The fourth-order valence-corrected chi connectivity index (χ4v) is 3.31. The third-order valence-electron chi connectivity index (χ3n) is 4.87. The van der Waals surface area contributed by atoms with E-state index in [1.807, 2.05) is 42.5 Å². The van der Waals surface area contributed by atoms with Crippen molar-refractivity contribution in [3.05, 3.63) is 78.9 Å². The van der Waals surface area contributed by atoms with Crippen LogP contribution in [0.2, 0.25) is 0 Å². The molecule has 1 heterocycles. The van der Waals surface area contributed by atoms with Crippen LogP contribution < -0.4 is 14.2 Å². The number of phenolic OH excluding ortho intramolecular Hbond substituents is 1. The number of hydrogen-bond donors (Lipinski definition) is 1. The molecule has 1 aromatic heterocycles. The van der Waals surface area contributed by atoms with Crippen LogP contribution in [-0.4, -0.2) is 29.3 Å². The Bertz CT molecular complexity index is 1250. The Kier molecular flexibility index (Phi) is 5.71. The quantitative estimate of drug-likeness (QED) is 0.400. The molecule has 0 fully saturated rings. The summed E-state index contributed by atoms with van der Waals surface area (Å²) in [6, 6.07) is 18.4. The monoisotopic (exact) mass is 414 g/mol. The molecule has 0 atom stereocenters. The molecular formula is C25H22N2O4. The van der Waals surface area contributed by atoms with E-state index >= 15 is 0 Å². The predicted molar refractivity (Wildman–Crippen MR) is 120 cm³/mol. The Morgan fingerprint density at radius 2 is 1.77 bits per heavy atom. The lowest BCUT2D eigenvalue weighted by atomic mass is 10.1. The number of aromatic nitrogens is 2. The van der Waals surface area contributed by atoms with Crippen LogP contribution in [0.5, 0.6) is 28.9 Å². The molecule has 0 saturated carbocycles. The maximum absolute atomic E-state index is 10.6. The van der Waals surface area contributed by atoms with Gasteiger partial charge >= 0.3 is 0 Å². The summed E-state index contributed by atoms with van der Waals surface area (Å²) in [4.78, 5) is 9.27. The molecule has 3 aromatic carbocycles. The zero-order valence-corrected chi connectivity index (χ0v) is 17.3. The predicted octanol–water partition coefficient (Wildman–Crippen LogP) is 5.54. The lowest BCUT2D eigenvalue weighted by molar-refractivity contribution is 0.374. The molecular weight excluding hydrogens is 392 g/mol. The smallest absolute Gasteiger partial charge is 0.230 e. The van der Waals surface area contributed by atoms with Gasteiger partial charge in [-0.25, -0.2) is 4.98 Å². The van der Waals surface area contributed by atoms with E-state index in [2.05, 4.69) is 16.5 Å². The highest BCUT2D eigenvalue weighted by Gasteiger charge is 2.17.